The average Bonchev–Trinajstić information content (AvgIpc) is 2.98. The van der Waals surface area contributed by atoms with Crippen LogP contribution in [0.3, 0.4) is 0 Å². The number of benzene rings is 1. The summed E-state index contributed by atoms with van der Waals surface area (Å²) < 4.78 is 10.1. The Morgan fingerprint density at radius 3 is 2.75 bits per heavy atom. The van der Waals surface area contributed by atoms with Crippen molar-refractivity contribution in [1.82, 2.24) is 10.6 Å². The van der Waals surface area contributed by atoms with Crippen LogP contribution >= 0.6 is 0 Å². The molecule has 3 atom stereocenters. The Balaban J connectivity index is 1.82. The fourth-order valence-corrected chi connectivity index (χ4v) is 2.47. The van der Waals surface area contributed by atoms with Gasteiger partial charge in [0.05, 0.1) is 12.6 Å². The molecule has 3 unspecified atom stereocenters. The summed E-state index contributed by atoms with van der Waals surface area (Å²) in [6, 6.07) is 8.16. The van der Waals surface area contributed by atoms with Crippen LogP contribution in [0, 0.1) is 0 Å². The van der Waals surface area contributed by atoms with E-state index in [1.165, 1.54) is 0 Å². The lowest BCUT2D eigenvalue weighted by molar-refractivity contribution is -0.127. The van der Waals surface area contributed by atoms with Crippen LogP contribution in [-0.2, 0) is 20.9 Å². The molecule has 1 aliphatic heterocycles. The zero-order chi connectivity index (χ0) is 17.4. The molecule has 2 amide bonds. The molecule has 0 radical (unpaired) electrons. The van der Waals surface area contributed by atoms with Gasteiger partial charge in [-0.15, -0.1) is 0 Å². The highest BCUT2D eigenvalue weighted by molar-refractivity contribution is 5.85. The maximum atomic E-state index is 12.3. The summed E-state index contributed by atoms with van der Waals surface area (Å²) in [6.45, 7) is 2.46. The molecule has 0 aliphatic carbocycles. The highest BCUT2D eigenvalue weighted by atomic mass is 16.6. The number of nitrogens with one attached hydrogen (secondary N) is 2. The van der Waals surface area contributed by atoms with Crippen LogP contribution in [0.1, 0.15) is 31.7 Å². The van der Waals surface area contributed by atoms with E-state index in [4.69, 9.17) is 9.47 Å². The summed E-state index contributed by atoms with van der Waals surface area (Å²) >= 11 is 0. The summed E-state index contributed by atoms with van der Waals surface area (Å²) in [5, 5.41) is 14.9. The molecule has 3 N–H and O–H groups in total. The lowest BCUT2D eigenvalue weighted by Crippen LogP contribution is -2.51. The van der Waals surface area contributed by atoms with Gasteiger partial charge >= 0.3 is 6.09 Å². The minimum Gasteiger partial charge on any atom is -0.445 e. The van der Waals surface area contributed by atoms with Gasteiger partial charge in [0.15, 0.2) is 6.29 Å². The largest absolute Gasteiger partial charge is 0.445 e. The smallest absolute Gasteiger partial charge is 0.408 e. The van der Waals surface area contributed by atoms with Crippen LogP contribution in [0.2, 0.25) is 0 Å². The molecule has 24 heavy (non-hydrogen) atoms. The van der Waals surface area contributed by atoms with Crippen molar-refractivity contribution in [1.29, 1.82) is 0 Å². The Morgan fingerprint density at radius 2 is 2.12 bits per heavy atom. The molecular weight excluding hydrogens is 312 g/mol. The molecule has 2 rings (SSSR count). The molecule has 1 aliphatic rings. The molecule has 1 heterocycles. The van der Waals surface area contributed by atoms with E-state index in [0.717, 1.165) is 12.0 Å². The van der Waals surface area contributed by atoms with Crippen molar-refractivity contribution >= 4 is 12.0 Å². The molecule has 7 heteroatoms. The van der Waals surface area contributed by atoms with Gasteiger partial charge in [0.2, 0.25) is 5.91 Å². The molecule has 0 spiro atoms. The maximum Gasteiger partial charge on any atom is 0.408 e. The predicted octanol–water partition coefficient (Wildman–Crippen LogP) is 1.30. The zero-order valence-electron chi connectivity index (χ0n) is 13.7. The summed E-state index contributed by atoms with van der Waals surface area (Å²) in [4.78, 5) is 24.2. The third kappa shape index (κ3) is 5.50. The topological polar surface area (TPSA) is 96.9 Å². The Kier molecular flexibility index (Phi) is 7.02. The molecule has 7 nitrogen and oxygen atoms in total. The van der Waals surface area contributed by atoms with E-state index in [2.05, 4.69) is 10.6 Å². The van der Waals surface area contributed by atoms with Crippen molar-refractivity contribution in [3.8, 4) is 0 Å². The van der Waals surface area contributed by atoms with E-state index in [-0.39, 0.29) is 12.5 Å². The van der Waals surface area contributed by atoms with Gasteiger partial charge < -0.3 is 25.2 Å². The normalized spacial score (nSPS) is 21.1. The van der Waals surface area contributed by atoms with Crippen LogP contribution in [0.4, 0.5) is 4.79 Å². The monoisotopic (exact) mass is 336 g/mol. The van der Waals surface area contributed by atoms with Gasteiger partial charge in [0, 0.05) is 0 Å². The first-order valence-corrected chi connectivity index (χ1v) is 8.17. The van der Waals surface area contributed by atoms with Gasteiger partial charge in [0.25, 0.3) is 0 Å². The molecule has 1 aromatic carbocycles. The second-order valence-corrected chi connectivity index (χ2v) is 5.71. The van der Waals surface area contributed by atoms with E-state index in [1.54, 1.807) is 0 Å². The predicted molar refractivity (Wildman–Crippen MR) is 87.0 cm³/mol. The lowest BCUT2D eigenvalue weighted by atomic mass is 10.1. The van der Waals surface area contributed by atoms with E-state index in [9.17, 15) is 14.7 Å². The summed E-state index contributed by atoms with van der Waals surface area (Å²) in [7, 11) is 0. The SMILES string of the molecule is CCCC(NC(=O)OCc1ccccc1)C(=O)NC1CCOC1O. The van der Waals surface area contributed by atoms with Gasteiger partial charge in [-0.05, 0) is 18.4 Å². The zero-order valence-corrected chi connectivity index (χ0v) is 13.7. The van der Waals surface area contributed by atoms with Gasteiger partial charge in [-0.3, -0.25) is 4.79 Å². The standard InChI is InChI=1S/C17H24N2O5/c1-2-6-13(15(20)18-14-9-10-23-16(14)21)19-17(22)24-11-12-7-4-3-5-8-12/h3-5,7-8,13-14,16,21H,2,6,9-11H2,1H3,(H,18,20)(H,19,22). The molecule has 1 saturated heterocycles. The van der Waals surface area contributed by atoms with Gasteiger partial charge in [-0.2, -0.15) is 0 Å². The fourth-order valence-electron chi connectivity index (χ4n) is 2.47. The first-order valence-electron chi connectivity index (χ1n) is 8.17. The van der Waals surface area contributed by atoms with Crippen LogP contribution in [0.15, 0.2) is 30.3 Å². The van der Waals surface area contributed by atoms with E-state index in [0.29, 0.717) is 19.4 Å². The first kappa shape index (κ1) is 18.2. The summed E-state index contributed by atoms with van der Waals surface area (Å²) in [6.07, 6.45) is 0.109. The van der Waals surface area contributed by atoms with Crippen LogP contribution < -0.4 is 10.6 Å². The molecule has 0 saturated carbocycles. The maximum absolute atomic E-state index is 12.3. The number of alkyl carbamates (subject to hydrolysis) is 1. The van der Waals surface area contributed by atoms with Gasteiger partial charge in [0.1, 0.15) is 12.6 Å². The molecular formula is C17H24N2O5. The third-order valence-electron chi connectivity index (χ3n) is 3.79. The number of aliphatic hydroxyl groups is 1. The van der Waals surface area contributed by atoms with Crippen molar-refractivity contribution in [3.63, 3.8) is 0 Å². The molecule has 0 bridgehead atoms. The number of amides is 2. The Bertz CT molecular complexity index is 537. The van der Waals surface area contributed by atoms with Crippen molar-refractivity contribution in [2.45, 2.75) is 51.2 Å². The summed E-state index contributed by atoms with van der Waals surface area (Å²) in [5.41, 5.74) is 0.871. The second-order valence-electron chi connectivity index (χ2n) is 5.71. The number of hydrogen-bond donors (Lipinski definition) is 3. The van der Waals surface area contributed by atoms with Crippen LogP contribution in [-0.4, -0.2) is 42.1 Å². The average molecular weight is 336 g/mol. The number of aliphatic hydroxyl groups excluding tert-OH is 1. The lowest BCUT2D eigenvalue weighted by Gasteiger charge is -2.21. The number of carbonyl (C=O) groups is 2. The molecule has 1 fully saturated rings. The number of ether oxygens (including phenoxy) is 2. The van der Waals surface area contributed by atoms with E-state index >= 15 is 0 Å². The second kappa shape index (κ2) is 9.24. The highest BCUT2D eigenvalue weighted by Crippen LogP contribution is 2.11. The third-order valence-corrected chi connectivity index (χ3v) is 3.79. The Hall–Kier alpha value is -2.12. The number of rotatable bonds is 7. The molecule has 0 aromatic heterocycles. The van der Waals surface area contributed by atoms with Gasteiger partial charge in [-0.1, -0.05) is 43.7 Å². The highest BCUT2D eigenvalue weighted by Gasteiger charge is 2.30. The Labute approximate surface area is 141 Å². The first-order chi connectivity index (χ1) is 11.6. The summed E-state index contributed by atoms with van der Waals surface area (Å²) in [5.74, 6) is -0.344. The van der Waals surface area contributed by atoms with Crippen LogP contribution in [0.5, 0.6) is 0 Å². The fraction of sp³-hybridized carbons (Fsp3) is 0.529. The minimum absolute atomic E-state index is 0.141. The van der Waals surface area contributed by atoms with Crippen molar-refractivity contribution < 1.29 is 24.2 Å². The quantitative estimate of drug-likeness (QED) is 0.697. The van der Waals surface area contributed by atoms with Crippen LogP contribution in [0.25, 0.3) is 0 Å². The van der Waals surface area contributed by atoms with Crippen molar-refractivity contribution in [3.05, 3.63) is 35.9 Å². The number of carbonyl (C=O) groups excluding carboxylic acids is 2. The van der Waals surface area contributed by atoms with Crippen molar-refractivity contribution in [2.24, 2.45) is 0 Å². The minimum atomic E-state index is -0.999. The molecule has 132 valence electrons. The van der Waals surface area contributed by atoms with Crippen molar-refractivity contribution in [2.75, 3.05) is 6.61 Å². The Morgan fingerprint density at radius 1 is 1.38 bits per heavy atom. The molecule has 1 aromatic rings. The van der Waals surface area contributed by atoms with E-state index < -0.39 is 24.5 Å². The van der Waals surface area contributed by atoms with Gasteiger partial charge in [-0.25, -0.2) is 4.79 Å². The number of hydrogen-bond acceptors (Lipinski definition) is 5. The van der Waals surface area contributed by atoms with E-state index in [1.807, 2.05) is 37.3 Å².